The van der Waals surface area contributed by atoms with E-state index in [2.05, 4.69) is 15.9 Å². The maximum Gasteiger partial charge on any atom is 0.306 e. The van der Waals surface area contributed by atoms with Crippen molar-refractivity contribution in [3.8, 4) is 0 Å². The van der Waals surface area contributed by atoms with E-state index >= 15 is 0 Å². The number of carboxylic acid groups (broad SMARTS) is 1. The lowest BCUT2D eigenvalue weighted by Gasteiger charge is -2.33. The highest BCUT2D eigenvalue weighted by molar-refractivity contribution is 9.10. The van der Waals surface area contributed by atoms with Gasteiger partial charge in [-0.05, 0) is 43.4 Å². The van der Waals surface area contributed by atoms with Crippen molar-refractivity contribution in [3.05, 3.63) is 34.3 Å². The van der Waals surface area contributed by atoms with Crippen LogP contribution in [0, 0.1) is 5.92 Å². The standard InChI is InChI=1S/C16H18BrNO3/c17-13-3-1-2-12(10-13)16(6-7-16)15(21)18-8-4-11(5-9-18)14(19)20/h1-3,10-11H,4-9H2,(H,19,20). The Morgan fingerprint density at radius 2 is 1.90 bits per heavy atom. The zero-order chi connectivity index (χ0) is 15.0. The highest BCUT2D eigenvalue weighted by atomic mass is 79.9. The number of hydrogen-bond acceptors (Lipinski definition) is 2. The van der Waals surface area contributed by atoms with Crippen LogP contribution in [0.2, 0.25) is 0 Å². The van der Waals surface area contributed by atoms with Gasteiger partial charge < -0.3 is 10.0 Å². The van der Waals surface area contributed by atoms with E-state index in [1.165, 1.54) is 0 Å². The molecular weight excluding hydrogens is 334 g/mol. The van der Waals surface area contributed by atoms with Crippen LogP contribution in [-0.2, 0) is 15.0 Å². The molecule has 1 aromatic carbocycles. The van der Waals surface area contributed by atoms with Crippen LogP contribution in [-0.4, -0.2) is 35.0 Å². The molecule has 0 bridgehead atoms. The number of aliphatic carboxylic acids is 1. The van der Waals surface area contributed by atoms with Crippen LogP contribution in [0.15, 0.2) is 28.7 Å². The summed E-state index contributed by atoms with van der Waals surface area (Å²) in [5.74, 6) is -0.866. The fraction of sp³-hybridized carbons (Fsp3) is 0.500. The highest BCUT2D eigenvalue weighted by Gasteiger charge is 2.53. The smallest absolute Gasteiger partial charge is 0.306 e. The number of piperidine rings is 1. The quantitative estimate of drug-likeness (QED) is 0.910. The molecule has 1 aliphatic heterocycles. The molecule has 1 heterocycles. The van der Waals surface area contributed by atoms with Gasteiger partial charge in [0, 0.05) is 17.6 Å². The lowest BCUT2D eigenvalue weighted by atomic mass is 9.91. The summed E-state index contributed by atoms with van der Waals surface area (Å²) in [5, 5.41) is 9.04. The molecule has 1 aromatic rings. The van der Waals surface area contributed by atoms with Crippen molar-refractivity contribution in [3.63, 3.8) is 0 Å². The number of hydrogen-bond donors (Lipinski definition) is 1. The van der Waals surface area contributed by atoms with Crippen LogP contribution in [0.3, 0.4) is 0 Å². The van der Waals surface area contributed by atoms with E-state index in [0.717, 1.165) is 22.9 Å². The molecule has 1 aliphatic carbocycles. The van der Waals surface area contributed by atoms with Crippen molar-refractivity contribution in [2.45, 2.75) is 31.1 Å². The van der Waals surface area contributed by atoms with Crippen LogP contribution in [0.25, 0.3) is 0 Å². The Labute approximate surface area is 132 Å². The van der Waals surface area contributed by atoms with Crippen LogP contribution in [0.1, 0.15) is 31.2 Å². The first-order chi connectivity index (χ1) is 10.0. The summed E-state index contributed by atoms with van der Waals surface area (Å²) in [7, 11) is 0. The largest absolute Gasteiger partial charge is 0.481 e. The molecule has 1 saturated carbocycles. The molecule has 0 spiro atoms. The number of benzene rings is 1. The summed E-state index contributed by atoms with van der Waals surface area (Å²) in [4.78, 5) is 25.7. The van der Waals surface area contributed by atoms with E-state index in [1.54, 1.807) is 0 Å². The third-order valence-corrected chi connectivity index (χ3v) is 5.16. The minimum Gasteiger partial charge on any atom is -0.481 e. The fourth-order valence-corrected chi connectivity index (χ4v) is 3.57. The second kappa shape index (κ2) is 5.44. The average molecular weight is 352 g/mol. The van der Waals surface area contributed by atoms with Gasteiger partial charge in [0.1, 0.15) is 0 Å². The number of amides is 1. The third-order valence-electron chi connectivity index (χ3n) is 4.67. The maximum absolute atomic E-state index is 12.8. The molecule has 21 heavy (non-hydrogen) atoms. The molecular formula is C16H18BrNO3. The van der Waals surface area contributed by atoms with Crippen molar-refractivity contribution in [1.82, 2.24) is 4.90 Å². The summed E-state index contributed by atoms with van der Waals surface area (Å²) in [6, 6.07) is 7.96. The summed E-state index contributed by atoms with van der Waals surface area (Å²) in [6.45, 7) is 1.12. The van der Waals surface area contributed by atoms with Crippen molar-refractivity contribution in [1.29, 1.82) is 0 Å². The molecule has 0 unspecified atom stereocenters. The van der Waals surface area contributed by atoms with Crippen molar-refractivity contribution in [2.24, 2.45) is 5.92 Å². The molecule has 3 rings (SSSR count). The molecule has 112 valence electrons. The maximum atomic E-state index is 12.8. The number of nitrogens with zero attached hydrogens (tertiary/aromatic N) is 1. The van der Waals surface area contributed by atoms with Gasteiger partial charge in [0.25, 0.3) is 0 Å². The summed E-state index contributed by atoms with van der Waals surface area (Å²) >= 11 is 3.46. The van der Waals surface area contributed by atoms with E-state index in [9.17, 15) is 9.59 Å². The van der Waals surface area contributed by atoms with Gasteiger partial charge in [-0.1, -0.05) is 28.1 Å². The average Bonchev–Trinajstić information content (AvgIpc) is 3.28. The molecule has 2 aliphatic rings. The first-order valence-corrected chi connectivity index (χ1v) is 8.10. The summed E-state index contributed by atoms with van der Waals surface area (Å²) in [5.41, 5.74) is 0.710. The molecule has 2 fully saturated rings. The molecule has 0 aromatic heterocycles. The molecule has 1 N–H and O–H groups in total. The number of likely N-dealkylation sites (tertiary alicyclic amines) is 1. The normalized spacial score (nSPS) is 21.1. The Balaban J connectivity index is 1.73. The number of carboxylic acids is 1. The monoisotopic (exact) mass is 351 g/mol. The second-order valence-electron chi connectivity index (χ2n) is 6.00. The van der Waals surface area contributed by atoms with Crippen molar-refractivity contribution < 1.29 is 14.7 Å². The van der Waals surface area contributed by atoms with Gasteiger partial charge in [-0.3, -0.25) is 9.59 Å². The molecule has 1 amide bonds. The first-order valence-electron chi connectivity index (χ1n) is 7.31. The number of halogens is 1. The molecule has 1 saturated heterocycles. The van der Waals surface area contributed by atoms with Gasteiger partial charge in [-0.15, -0.1) is 0 Å². The van der Waals surface area contributed by atoms with Gasteiger partial charge in [-0.2, -0.15) is 0 Å². The highest BCUT2D eigenvalue weighted by Crippen LogP contribution is 2.50. The van der Waals surface area contributed by atoms with E-state index in [1.807, 2.05) is 29.2 Å². The third kappa shape index (κ3) is 2.71. The first kappa shape index (κ1) is 14.6. The predicted molar refractivity (Wildman–Crippen MR) is 82.0 cm³/mol. The van der Waals surface area contributed by atoms with Crippen molar-refractivity contribution >= 4 is 27.8 Å². The van der Waals surface area contributed by atoms with E-state index < -0.39 is 5.97 Å². The molecule has 0 atom stereocenters. The Morgan fingerprint density at radius 3 is 2.43 bits per heavy atom. The minimum atomic E-state index is -0.741. The molecule has 0 radical (unpaired) electrons. The number of rotatable bonds is 3. The Morgan fingerprint density at radius 1 is 1.24 bits per heavy atom. The van der Waals surface area contributed by atoms with Crippen LogP contribution in [0.5, 0.6) is 0 Å². The molecule has 4 nitrogen and oxygen atoms in total. The lowest BCUT2D eigenvalue weighted by molar-refractivity contribution is -0.146. The predicted octanol–water partition coefficient (Wildman–Crippen LogP) is 2.80. The SMILES string of the molecule is O=C(O)C1CCN(C(=O)C2(c3cccc(Br)c3)CC2)CC1. The topological polar surface area (TPSA) is 57.6 Å². The Bertz CT molecular complexity index is 575. The zero-order valence-corrected chi connectivity index (χ0v) is 13.3. The van der Waals surface area contributed by atoms with E-state index in [0.29, 0.717) is 25.9 Å². The Hall–Kier alpha value is -1.36. The van der Waals surface area contributed by atoms with Gasteiger partial charge in [0.05, 0.1) is 11.3 Å². The Kier molecular flexibility index (Phi) is 3.78. The van der Waals surface area contributed by atoms with E-state index in [4.69, 9.17) is 5.11 Å². The molecule has 5 heteroatoms. The number of carbonyl (C=O) groups excluding carboxylic acids is 1. The second-order valence-corrected chi connectivity index (χ2v) is 6.91. The number of carbonyl (C=O) groups is 2. The fourth-order valence-electron chi connectivity index (χ4n) is 3.17. The van der Waals surface area contributed by atoms with Gasteiger partial charge >= 0.3 is 5.97 Å². The van der Waals surface area contributed by atoms with Gasteiger partial charge in [-0.25, -0.2) is 0 Å². The van der Waals surface area contributed by atoms with Gasteiger partial charge in [0.2, 0.25) is 5.91 Å². The van der Waals surface area contributed by atoms with E-state index in [-0.39, 0.29) is 17.2 Å². The van der Waals surface area contributed by atoms with Crippen LogP contribution >= 0.6 is 15.9 Å². The minimum absolute atomic E-state index is 0.171. The van der Waals surface area contributed by atoms with Crippen LogP contribution < -0.4 is 0 Å². The zero-order valence-electron chi connectivity index (χ0n) is 11.7. The summed E-state index contributed by atoms with van der Waals surface area (Å²) in [6.07, 6.45) is 2.91. The van der Waals surface area contributed by atoms with Crippen molar-refractivity contribution in [2.75, 3.05) is 13.1 Å². The van der Waals surface area contributed by atoms with Crippen LogP contribution in [0.4, 0.5) is 0 Å². The van der Waals surface area contributed by atoms with Gasteiger partial charge in [0.15, 0.2) is 0 Å². The lowest BCUT2D eigenvalue weighted by Crippen LogP contribution is -2.45. The summed E-state index contributed by atoms with van der Waals surface area (Å²) < 4.78 is 0.990.